The van der Waals surface area contributed by atoms with Crippen LogP contribution in [0.15, 0.2) is 0 Å². The van der Waals surface area contributed by atoms with E-state index in [4.69, 9.17) is 25.5 Å². The van der Waals surface area contributed by atoms with Crippen LogP contribution in [0.2, 0.25) is 0 Å². The predicted octanol–water partition coefficient (Wildman–Crippen LogP) is 15.2. The van der Waals surface area contributed by atoms with Gasteiger partial charge in [0.2, 0.25) is 0 Å². The number of hydrogen-bond donors (Lipinski definition) is 5. The van der Waals surface area contributed by atoms with Crippen LogP contribution in [-0.2, 0) is 24.0 Å². The molecule has 0 rings (SSSR count). The third-order valence-corrected chi connectivity index (χ3v) is 17.7. The van der Waals surface area contributed by atoms with Crippen LogP contribution in [0.1, 0.15) is 449 Å². The summed E-state index contributed by atoms with van der Waals surface area (Å²) < 4.78 is 0. The largest absolute Gasteiger partial charge is 3.00 e. The minimum Gasteiger partial charge on any atom is -0.550 e. The molecule has 0 aliphatic heterocycles. The van der Waals surface area contributed by atoms with Crippen LogP contribution in [-0.4, -0.2) is 129 Å². The monoisotopic (exact) mass is 1410 g/mol. The van der Waals surface area contributed by atoms with Crippen molar-refractivity contribution in [3.05, 3.63) is 0 Å². The number of aliphatic hydroxyl groups is 5. The van der Waals surface area contributed by atoms with E-state index in [1.165, 1.54) is 289 Å². The summed E-state index contributed by atoms with van der Waals surface area (Å²) >= 11 is 0. The standard InChI is InChI=1S/5C16H32O3.Al.Mg/c5*17-15-13-11-9-7-5-3-1-2-4-6-8-10-12-14-16(18)19;;/h5*17H,1-15H2,(H,18,19);;/q;;;;;+3;+2/p-5. The van der Waals surface area contributed by atoms with E-state index in [0.717, 1.165) is 128 Å². The van der Waals surface area contributed by atoms with Gasteiger partial charge in [-0.2, -0.15) is 0 Å². The SMILES string of the molecule is O=C([O-])CCCCCCCCCCCCCCCO.O=C([O-])CCCCCCCCCCCCCCCO.O=C([O-])CCCCCCCCCCCCCCCO.O=C([O-])CCCCCCCCCCCCCCCO.O=C([O-])CCCCCCCCCCCCCCCO.[Al+3].[Mg+2]. The zero-order valence-corrected chi connectivity index (χ0v) is 65.7. The van der Waals surface area contributed by atoms with E-state index in [1.807, 2.05) is 0 Å². The third kappa shape index (κ3) is 131. The van der Waals surface area contributed by atoms with Crippen molar-refractivity contribution in [3.63, 3.8) is 0 Å². The summed E-state index contributed by atoms with van der Waals surface area (Å²) in [7, 11) is 0. The van der Waals surface area contributed by atoms with Gasteiger partial charge in [-0.3, -0.25) is 0 Å². The van der Waals surface area contributed by atoms with E-state index in [9.17, 15) is 49.5 Å². The van der Waals surface area contributed by atoms with Gasteiger partial charge in [-0.1, -0.05) is 353 Å². The van der Waals surface area contributed by atoms with Gasteiger partial charge >= 0.3 is 40.4 Å². The average molecular weight is 1410 g/mol. The molecule has 570 valence electrons. The zero-order chi connectivity index (χ0) is 70.9. The van der Waals surface area contributed by atoms with Crippen LogP contribution in [0, 0.1) is 0 Å². The van der Waals surface area contributed by atoms with Crippen molar-refractivity contribution in [2.45, 2.75) is 449 Å². The third-order valence-electron chi connectivity index (χ3n) is 17.7. The maximum absolute atomic E-state index is 10.2. The normalized spacial score (nSPS) is 10.6. The van der Waals surface area contributed by atoms with Crippen molar-refractivity contribution in [3.8, 4) is 0 Å². The Morgan fingerprint density at radius 1 is 0.144 bits per heavy atom. The number of carboxylic acids is 5. The number of aliphatic hydroxyl groups excluding tert-OH is 5. The molecule has 15 nitrogen and oxygen atoms in total. The Labute approximate surface area is 623 Å². The molecule has 5 N–H and O–H groups in total. The van der Waals surface area contributed by atoms with Gasteiger partial charge in [0.15, 0.2) is 0 Å². The molecule has 0 aliphatic carbocycles. The molecule has 0 saturated carbocycles. The minimum atomic E-state index is -0.918. The molecule has 0 amide bonds. The van der Waals surface area contributed by atoms with Gasteiger partial charge in [-0.05, 0) is 96.3 Å². The molecule has 0 radical (unpaired) electrons. The van der Waals surface area contributed by atoms with E-state index in [0.29, 0.717) is 33.0 Å². The fourth-order valence-electron chi connectivity index (χ4n) is 11.6. The fourth-order valence-corrected chi connectivity index (χ4v) is 11.6. The van der Waals surface area contributed by atoms with Crippen LogP contribution in [0.5, 0.6) is 0 Å². The fraction of sp³-hybridized carbons (Fsp3) is 0.938. The Kier molecular flexibility index (Phi) is 118. The molecular formula is C80H155AlMgO15. The molecule has 0 aromatic heterocycles. The number of aliphatic carboxylic acids is 5. The number of unbranched alkanes of at least 4 members (excludes halogenated alkanes) is 60. The maximum atomic E-state index is 10.2. The summed E-state index contributed by atoms with van der Waals surface area (Å²) in [5.41, 5.74) is 0. The van der Waals surface area contributed by atoms with Crippen molar-refractivity contribution in [2.75, 3.05) is 33.0 Å². The van der Waals surface area contributed by atoms with Gasteiger partial charge in [0.25, 0.3) is 0 Å². The summed E-state index contributed by atoms with van der Waals surface area (Å²) in [4.78, 5) is 51.0. The van der Waals surface area contributed by atoms with Gasteiger partial charge in [-0.15, -0.1) is 0 Å². The Morgan fingerprint density at radius 2 is 0.206 bits per heavy atom. The van der Waals surface area contributed by atoms with Crippen molar-refractivity contribution < 1.29 is 75.0 Å². The van der Waals surface area contributed by atoms with Crippen molar-refractivity contribution in [1.29, 1.82) is 0 Å². The van der Waals surface area contributed by atoms with Gasteiger partial charge in [0.05, 0.1) is 0 Å². The first kappa shape index (κ1) is 109. The molecule has 0 heterocycles. The number of rotatable bonds is 75. The molecule has 0 saturated heterocycles. The summed E-state index contributed by atoms with van der Waals surface area (Å²) in [5, 5.41) is 94.2. The molecule has 0 spiro atoms. The van der Waals surface area contributed by atoms with Crippen LogP contribution in [0.4, 0.5) is 0 Å². The Bertz CT molecular complexity index is 1220. The van der Waals surface area contributed by atoms with Gasteiger partial charge < -0.3 is 75.0 Å². The second-order valence-electron chi connectivity index (χ2n) is 27.2. The number of carboxylic acid groups (broad SMARTS) is 5. The van der Waals surface area contributed by atoms with Crippen molar-refractivity contribution in [2.24, 2.45) is 0 Å². The second kappa shape index (κ2) is 105. The summed E-state index contributed by atoms with van der Waals surface area (Å²) in [6, 6.07) is 0. The molecule has 0 unspecified atom stereocenters. The first-order valence-corrected chi connectivity index (χ1v) is 40.4. The van der Waals surface area contributed by atoms with E-state index in [-0.39, 0.29) is 72.5 Å². The predicted molar refractivity (Wildman–Crippen MR) is 395 cm³/mol. The minimum absolute atomic E-state index is 0. The molecule has 97 heavy (non-hydrogen) atoms. The molecular weight excluding hydrogens is 1250 g/mol. The van der Waals surface area contributed by atoms with Gasteiger partial charge in [0.1, 0.15) is 0 Å². The molecule has 0 atom stereocenters. The first-order valence-electron chi connectivity index (χ1n) is 40.4. The van der Waals surface area contributed by atoms with E-state index in [1.54, 1.807) is 0 Å². The van der Waals surface area contributed by atoms with Crippen LogP contribution < -0.4 is 25.5 Å². The van der Waals surface area contributed by atoms with Crippen LogP contribution >= 0.6 is 0 Å². The quantitative estimate of drug-likeness (QED) is 0.0279. The van der Waals surface area contributed by atoms with Crippen molar-refractivity contribution in [1.82, 2.24) is 0 Å². The number of carbonyl (C=O) groups excluding carboxylic acids is 5. The molecule has 0 aliphatic rings. The van der Waals surface area contributed by atoms with Crippen LogP contribution in [0.3, 0.4) is 0 Å². The van der Waals surface area contributed by atoms with E-state index in [2.05, 4.69) is 0 Å². The molecule has 0 fully saturated rings. The Hall–Kier alpha value is -1.55. The summed E-state index contributed by atoms with van der Waals surface area (Å²) in [6.07, 6.45) is 78.6. The Morgan fingerprint density at radius 3 is 0.268 bits per heavy atom. The Balaban J connectivity index is -0.000000208. The van der Waals surface area contributed by atoms with Gasteiger partial charge in [-0.25, -0.2) is 0 Å². The average Bonchev–Trinajstić information content (AvgIpc) is 3.58. The first-order chi connectivity index (χ1) is 46.4. The molecule has 17 heteroatoms. The molecule has 0 bridgehead atoms. The smallest absolute Gasteiger partial charge is 0.550 e. The summed E-state index contributed by atoms with van der Waals surface area (Å²) in [5.74, 6) is -4.59. The van der Waals surface area contributed by atoms with Crippen LogP contribution in [0.25, 0.3) is 0 Å². The maximum Gasteiger partial charge on any atom is 3.00 e. The van der Waals surface area contributed by atoms with Crippen molar-refractivity contribution >= 4 is 70.3 Å². The zero-order valence-electron chi connectivity index (χ0n) is 63.1. The van der Waals surface area contributed by atoms with Gasteiger partial charge in [0, 0.05) is 62.9 Å². The number of hydrogen-bond acceptors (Lipinski definition) is 15. The van der Waals surface area contributed by atoms with E-state index < -0.39 is 29.8 Å². The molecule has 0 aromatic carbocycles. The van der Waals surface area contributed by atoms with E-state index >= 15 is 0 Å². The topological polar surface area (TPSA) is 302 Å². The summed E-state index contributed by atoms with van der Waals surface area (Å²) in [6.45, 7) is 1.68. The molecule has 0 aromatic rings. The second-order valence-corrected chi connectivity index (χ2v) is 27.2. The number of carbonyl (C=O) groups is 5.